The molecule has 1 atom stereocenters. The fraction of sp³-hybridized carbons (Fsp3) is 0.429. The Morgan fingerprint density at radius 3 is 2.86 bits per heavy atom. The van der Waals surface area contributed by atoms with E-state index in [-0.39, 0.29) is 0 Å². The van der Waals surface area contributed by atoms with Crippen LogP contribution in [-0.4, -0.2) is 0 Å². The molecule has 0 saturated carbocycles. The van der Waals surface area contributed by atoms with Crippen molar-refractivity contribution >= 4 is 0 Å². The van der Waals surface area contributed by atoms with Crippen LogP contribution in [0.5, 0.6) is 0 Å². The number of fused-ring (bicyclic) bond motifs is 1. The zero-order valence-electron chi connectivity index (χ0n) is 9.46. The normalized spacial score (nSPS) is 23.8. The Morgan fingerprint density at radius 1 is 1.29 bits per heavy atom. The molecule has 0 aromatic carbocycles. The Morgan fingerprint density at radius 2 is 2.07 bits per heavy atom. The zero-order valence-corrected chi connectivity index (χ0v) is 9.46. The van der Waals surface area contributed by atoms with Crippen molar-refractivity contribution in [3.8, 4) is 0 Å². The van der Waals surface area contributed by atoms with Crippen molar-refractivity contribution in [3.05, 3.63) is 47.6 Å². The average Bonchev–Trinajstić information content (AvgIpc) is 2.45. The molecule has 0 saturated heterocycles. The van der Waals surface area contributed by atoms with Crippen LogP contribution in [0, 0.1) is 5.92 Å². The smallest absolute Gasteiger partial charge is 0.00242 e. The van der Waals surface area contributed by atoms with Gasteiger partial charge >= 0.3 is 0 Å². The predicted octanol–water partition coefficient (Wildman–Crippen LogP) is 4.42. The maximum Gasteiger partial charge on any atom is 0.00242 e. The minimum atomic E-state index is 0.670. The van der Waals surface area contributed by atoms with Gasteiger partial charge in [0.25, 0.3) is 0 Å². The van der Waals surface area contributed by atoms with E-state index in [1.54, 1.807) is 0 Å². The monoisotopic (exact) mass is 188 g/mol. The van der Waals surface area contributed by atoms with Crippen molar-refractivity contribution in [1.29, 1.82) is 0 Å². The van der Waals surface area contributed by atoms with Crippen molar-refractivity contribution < 1.29 is 0 Å². The van der Waals surface area contributed by atoms with Gasteiger partial charge in [-0.1, -0.05) is 55.9 Å². The number of rotatable bonds is 0. The van der Waals surface area contributed by atoms with Crippen LogP contribution in [0.3, 0.4) is 0 Å². The van der Waals surface area contributed by atoms with Gasteiger partial charge < -0.3 is 0 Å². The molecule has 0 heteroatoms. The van der Waals surface area contributed by atoms with Crippen LogP contribution in [0.1, 0.15) is 33.6 Å². The van der Waals surface area contributed by atoms with E-state index in [1.165, 1.54) is 24.0 Å². The van der Waals surface area contributed by atoms with E-state index in [1.807, 2.05) is 13.8 Å². The van der Waals surface area contributed by atoms with E-state index in [4.69, 9.17) is 0 Å². The summed E-state index contributed by atoms with van der Waals surface area (Å²) in [4.78, 5) is 0. The van der Waals surface area contributed by atoms with Gasteiger partial charge in [-0.2, -0.15) is 0 Å². The Hall–Kier alpha value is -1.04. The summed E-state index contributed by atoms with van der Waals surface area (Å²) < 4.78 is 0. The van der Waals surface area contributed by atoms with Crippen molar-refractivity contribution in [2.24, 2.45) is 5.92 Å². The molecule has 0 bridgehead atoms. The van der Waals surface area contributed by atoms with Gasteiger partial charge in [0.1, 0.15) is 0 Å². The first-order chi connectivity index (χ1) is 6.86. The predicted molar refractivity (Wildman–Crippen MR) is 64.2 cm³/mol. The molecule has 0 N–H and O–H groups in total. The summed E-state index contributed by atoms with van der Waals surface area (Å²) in [5.41, 5.74) is 2.84. The van der Waals surface area contributed by atoms with Gasteiger partial charge in [-0.05, 0) is 25.3 Å². The van der Waals surface area contributed by atoms with Crippen LogP contribution < -0.4 is 0 Å². The molecule has 0 radical (unpaired) electrons. The number of allylic oxidation sites excluding steroid dienone is 8. The van der Waals surface area contributed by atoms with Crippen LogP contribution in [0.2, 0.25) is 0 Å². The highest BCUT2D eigenvalue weighted by Gasteiger charge is 2.12. The SMILES string of the molecule is CC.CC1=CC2=CC=CCCC2C=C1. The maximum absolute atomic E-state index is 2.33. The molecule has 0 aromatic heterocycles. The van der Waals surface area contributed by atoms with Gasteiger partial charge in [0.05, 0.1) is 0 Å². The third-order valence-electron chi connectivity index (χ3n) is 2.48. The first-order valence-electron chi connectivity index (χ1n) is 5.59. The fourth-order valence-corrected chi connectivity index (χ4v) is 1.78. The molecule has 0 fully saturated rings. The minimum absolute atomic E-state index is 0.670. The lowest BCUT2D eigenvalue weighted by Gasteiger charge is -2.16. The summed E-state index contributed by atoms with van der Waals surface area (Å²) in [6.45, 7) is 6.15. The van der Waals surface area contributed by atoms with E-state index >= 15 is 0 Å². The highest BCUT2D eigenvalue weighted by Crippen LogP contribution is 2.27. The van der Waals surface area contributed by atoms with Gasteiger partial charge in [-0.3, -0.25) is 0 Å². The summed E-state index contributed by atoms with van der Waals surface area (Å²) >= 11 is 0. The Labute approximate surface area is 87.7 Å². The molecule has 1 unspecified atom stereocenters. The zero-order chi connectivity index (χ0) is 10.4. The molecule has 2 aliphatic rings. The largest absolute Gasteiger partial charge is 0.0845 e. The van der Waals surface area contributed by atoms with E-state index < -0.39 is 0 Å². The minimum Gasteiger partial charge on any atom is -0.0845 e. The quantitative estimate of drug-likeness (QED) is 0.528. The summed E-state index contributed by atoms with van der Waals surface area (Å²) in [7, 11) is 0. The Balaban J connectivity index is 0.000000461. The van der Waals surface area contributed by atoms with Crippen LogP contribution in [0.25, 0.3) is 0 Å². The molecule has 76 valence electrons. The molecule has 0 aromatic rings. The Bertz CT molecular complexity index is 287. The summed E-state index contributed by atoms with van der Waals surface area (Å²) in [6.07, 6.45) is 16.0. The molecule has 0 heterocycles. The molecule has 14 heavy (non-hydrogen) atoms. The van der Waals surface area contributed by atoms with Gasteiger partial charge in [0.2, 0.25) is 0 Å². The van der Waals surface area contributed by atoms with Gasteiger partial charge in [-0.25, -0.2) is 0 Å². The maximum atomic E-state index is 2.33. The second-order valence-corrected chi connectivity index (χ2v) is 3.53. The number of hydrogen-bond acceptors (Lipinski definition) is 0. The molecule has 0 nitrogen and oxygen atoms in total. The van der Waals surface area contributed by atoms with Gasteiger partial charge in [0.15, 0.2) is 0 Å². The molecule has 2 aliphatic carbocycles. The number of hydrogen-bond donors (Lipinski definition) is 0. The second-order valence-electron chi connectivity index (χ2n) is 3.53. The average molecular weight is 188 g/mol. The van der Waals surface area contributed by atoms with E-state index in [0.29, 0.717) is 5.92 Å². The van der Waals surface area contributed by atoms with Crippen LogP contribution in [0.4, 0.5) is 0 Å². The van der Waals surface area contributed by atoms with Gasteiger partial charge in [0, 0.05) is 5.92 Å². The van der Waals surface area contributed by atoms with Crippen molar-refractivity contribution in [2.75, 3.05) is 0 Å². The lowest BCUT2D eigenvalue weighted by Crippen LogP contribution is -2.01. The van der Waals surface area contributed by atoms with Crippen molar-refractivity contribution in [3.63, 3.8) is 0 Å². The first kappa shape index (κ1) is 11.0. The van der Waals surface area contributed by atoms with Crippen LogP contribution >= 0.6 is 0 Å². The standard InChI is InChI=1S/C12H14.C2H6/c1-10-7-8-11-5-3-2-4-6-12(11)9-10;1-2/h2,4,6-9,11H,3,5H2,1H3;1-2H3. The molecular weight excluding hydrogens is 168 g/mol. The van der Waals surface area contributed by atoms with E-state index in [2.05, 4.69) is 43.4 Å². The molecule has 2 rings (SSSR count). The topological polar surface area (TPSA) is 0 Å². The van der Waals surface area contributed by atoms with Crippen molar-refractivity contribution in [2.45, 2.75) is 33.6 Å². The lowest BCUT2D eigenvalue weighted by atomic mass is 9.89. The highest BCUT2D eigenvalue weighted by molar-refractivity contribution is 5.40. The second kappa shape index (κ2) is 5.64. The summed E-state index contributed by atoms with van der Waals surface area (Å²) in [6, 6.07) is 0. The van der Waals surface area contributed by atoms with Crippen LogP contribution in [-0.2, 0) is 0 Å². The highest BCUT2D eigenvalue weighted by atomic mass is 14.2. The van der Waals surface area contributed by atoms with Crippen LogP contribution in [0.15, 0.2) is 47.6 Å². The summed E-state index contributed by atoms with van der Waals surface area (Å²) in [5.74, 6) is 0.670. The lowest BCUT2D eigenvalue weighted by molar-refractivity contribution is 0.697. The molecule has 0 amide bonds. The third-order valence-corrected chi connectivity index (χ3v) is 2.48. The van der Waals surface area contributed by atoms with Gasteiger partial charge in [-0.15, -0.1) is 0 Å². The molecule has 0 aliphatic heterocycles. The molecular formula is C14H20. The van der Waals surface area contributed by atoms with E-state index in [9.17, 15) is 0 Å². The van der Waals surface area contributed by atoms with Crippen molar-refractivity contribution in [1.82, 2.24) is 0 Å². The molecule has 0 spiro atoms. The first-order valence-corrected chi connectivity index (χ1v) is 5.59. The van der Waals surface area contributed by atoms with E-state index in [0.717, 1.165) is 0 Å². The third kappa shape index (κ3) is 2.73. The summed E-state index contributed by atoms with van der Waals surface area (Å²) in [5, 5.41) is 0. The Kier molecular flexibility index (Phi) is 4.45. The fourth-order valence-electron chi connectivity index (χ4n) is 1.78.